The minimum absolute atomic E-state index is 0.0619. The molecule has 0 aliphatic carbocycles. The second-order valence-corrected chi connectivity index (χ2v) is 2.87. The first-order valence-corrected chi connectivity index (χ1v) is 3.70. The summed E-state index contributed by atoms with van der Waals surface area (Å²) in [6.07, 6.45) is 4.83. The highest BCUT2D eigenvalue weighted by atomic mass is 16.1. The van der Waals surface area contributed by atoms with Crippen molar-refractivity contribution in [1.29, 1.82) is 0 Å². The third-order valence-corrected chi connectivity index (χ3v) is 1.96. The molecule has 3 heteroatoms. The first-order chi connectivity index (χ1) is 5.27. The van der Waals surface area contributed by atoms with Gasteiger partial charge >= 0.3 is 0 Å². The van der Waals surface area contributed by atoms with Crippen molar-refractivity contribution in [3.63, 3.8) is 0 Å². The Morgan fingerprint density at radius 3 is 3.09 bits per heavy atom. The van der Waals surface area contributed by atoms with Gasteiger partial charge in [0.05, 0.1) is 5.56 Å². The van der Waals surface area contributed by atoms with Gasteiger partial charge in [-0.3, -0.25) is 4.79 Å². The first kappa shape index (κ1) is 6.46. The highest BCUT2D eigenvalue weighted by molar-refractivity contribution is 5.96. The van der Waals surface area contributed by atoms with Crippen LogP contribution in [0.2, 0.25) is 0 Å². The minimum Gasteiger partial charge on any atom is -0.356 e. The Balaban J connectivity index is 2.52. The maximum atomic E-state index is 11.2. The Kier molecular flexibility index (Phi) is 1.24. The van der Waals surface area contributed by atoms with E-state index in [0.717, 1.165) is 24.1 Å². The lowest BCUT2D eigenvalue weighted by atomic mass is 10.1. The molecule has 1 aliphatic rings. The monoisotopic (exact) mass is 150 g/mol. The summed E-state index contributed by atoms with van der Waals surface area (Å²) >= 11 is 0. The van der Waals surface area contributed by atoms with Crippen LogP contribution < -0.4 is 5.32 Å². The average Bonchev–Trinajstić information content (AvgIpc) is 2.31. The van der Waals surface area contributed by atoms with E-state index >= 15 is 0 Å². The molecule has 0 saturated heterocycles. The molecule has 11 heavy (non-hydrogen) atoms. The lowest BCUT2D eigenvalue weighted by Gasteiger charge is -2.10. The number of hydrogen-bond acceptors (Lipinski definition) is 1. The van der Waals surface area contributed by atoms with E-state index in [1.54, 1.807) is 0 Å². The van der Waals surface area contributed by atoms with E-state index in [-0.39, 0.29) is 5.91 Å². The number of nitrogens with one attached hydrogen (secondary N) is 1. The lowest BCUT2D eigenvalue weighted by Crippen LogP contribution is -2.30. The van der Waals surface area contributed by atoms with Crippen molar-refractivity contribution in [2.45, 2.75) is 6.42 Å². The van der Waals surface area contributed by atoms with Crippen LogP contribution in [0, 0.1) is 0 Å². The summed E-state index contributed by atoms with van der Waals surface area (Å²) in [5.41, 5.74) is 2.00. The van der Waals surface area contributed by atoms with Crippen LogP contribution in [0.4, 0.5) is 0 Å². The zero-order valence-electron chi connectivity index (χ0n) is 6.42. The molecular formula is C8H10N2O. The van der Waals surface area contributed by atoms with Crippen LogP contribution in [0.15, 0.2) is 12.4 Å². The molecule has 0 unspecified atom stereocenters. The Morgan fingerprint density at radius 2 is 2.36 bits per heavy atom. The molecule has 1 aliphatic heterocycles. The second kappa shape index (κ2) is 2.12. The third-order valence-electron chi connectivity index (χ3n) is 1.96. The summed E-state index contributed by atoms with van der Waals surface area (Å²) in [6.45, 7) is 0.774. The van der Waals surface area contributed by atoms with Crippen LogP contribution in [0.3, 0.4) is 0 Å². The molecule has 3 nitrogen and oxygen atoms in total. The van der Waals surface area contributed by atoms with E-state index in [4.69, 9.17) is 0 Å². The van der Waals surface area contributed by atoms with Crippen molar-refractivity contribution in [2.24, 2.45) is 7.05 Å². The van der Waals surface area contributed by atoms with E-state index in [1.165, 1.54) is 0 Å². The fourth-order valence-electron chi connectivity index (χ4n) is 1.45. The van der Waals surface area contributed by atoms with Gasteiger partial charge in [0.2, 0.25) is 0 Å². The molecule has 1 amide bonds. The molecule has 1 aromatic rings. The first-order valence-electron chi connectivity index (χ1n) is 3.70. The number of carbonyl (C=O) groups excluding carboxylic acids is 1. The van der Waals surface area contributed by atoms with Crippen molar-refractivity contribution in [3.05, 3.63) is 23.5 Å². The van der Waals surface area contributed by atoms with Crippen LogP contribution in [-0.4, -0.2) is 17.0 Å². The average molecular weight is 150 g/mol. The molecule has 1 N–H and O–H groups in total. The Labute approximate surface area is 65.0 Å². The van der Waals surface area contributed by atoms with E-state index < -0.39 is 0 Å². The number of amides is 1. The van der Waals surface area contributed by atoms with E-state index in [2.05, 4.69) is 5.32 Å². The molecule has 58 valence electrons. The number of aromatic nitrogens is 1. The van der Waals surface area contributed by atoms with Crippen LogP contribution in [0.5, 0.6) is 0 Å². The predicted octanol–water partition coefficient (Wildman–Crippen LogP) is 0.311. The number of carbonyl (C=O) groups is 1. The highest BCUT2D eigenvalue weighted by Gasteiger charge is 2.17. The SMILES string of the molecule is Cn1cc2c(c1)C(=O)NCC2. The summed E-state index contributed by atoms with van der Waals surface area (Å²) < 4.78 is 1.93. The molecule has 0 aromatic carbocycles. The smallest absolute Gasteiger partial charge is 0.253 e. The van der Waals surface area contributed by atoms with E-state index in [1.807, 2.05) is 24.0 Å². The summed E-state index contributed by atoms with van der Waals surface area (Å²) in [7, 11) is 1.94. The van der Waals surface area contributed by atoms with E-state index in [0.29, 0.717) is 0 Å². The van der Waals surface area contributed by atoms with Crippen LogP contribution in [-0.2, 0) is 13.5 Å². The molecule has 0 atom stereocenters. The van der Waals surface area contributed by atoms with Gasteiger partial charge in [-0.2, -0.15) is 0 Å². The quantitative estimate of drug-likeness (QED) is 0.567. The Hall–Kier alpha value is -1.25. The second-order valence-electron chi connectivity index (χ2n) is 2.87. The van der Waals surface area contributed by atoms with Gasteiger partial charge in [-0.15, -0.1) is 0 Å². The normalized spacial score (nSPS) is 15.9. The number of hydrogen-bond donors (Lipinski definition) is 1. The number of fused-ring (bicyclic) bond motifs is 1. The predicted molar refractivity (Wildman–Crippen MR) is 41.5 cm³/mol. The summed E-state index contributed by atoms with van der Waals surface area (Å²) in [5, 5.41) is 2.80. The van der Waals surface area contributed by atoms with Gasteiger partial charge in [0.25, 0.3) is 5.91 Å². The molecule has 2 rings (SSSR count). The number of aryl methyl sites for hydroxylation is 1. The zero-order chi connectivity index (χ0) is 7.84. The maximum absolute atomic E-state index is 11.2. The molecule has 0 radical (unpaired) electrons. The van der Waals surface area contributed by atoms with Gasteiger partial charge in [-0.25, -0.2) is 0 Å². The van der Waals surface area contributed by atoms with Gasteiger partial charge in [0, 0.05) is 26.0 Å². The number of nitrogens with zero attached hydrogens (tertiary/aromatic N) is 1. The maximum Gasteiger partial charge on any atom is 0.253 e. The minimum atomic E-state index is 0.0619. The largest absolute Gasteiger partial charge is 0.356 e. The summed E-state index contributed by atoms with van der Waals surface area (Å²) in [5.74, 6) is 0.0619. The Bertz CT molecular complexity index is 301. The summed E-state index contributed by atoms with van der Waals surface area (Å²) in [4.78, 5) is 11.2. The van der Waals surface area contributed by atoms with Crippen molar-refractivity contribution in [2.75, 3.05) is 6.54 Å². The van der Waals surface area contributed by atoms with Gasteiger partial charge in [-0.1, -0.05) is 0 Å². The van der Waals surface area contributed by atoms with E-state index in [9.17, 15) is 4.79 Å². The Morgan fingerprint density at radius 1 is 1.55 bits per heavy atom. The molecule has 0 bridgehead atoms. The van der Waals surface area contributed by atoms with Gasteiger partial charge in [0.15, 0.2) is 0 Å². The summed E-state index contributed by atoms with van der Waals surface area (Å²) in [6, 6.07) is 0. The van der Waals surface area contributed by atoms with Gasteiger partial charge < -0.3 is 9.88 Å². The van der Waals surface area contributed by atoms with Crippen LogP contribution in [0.25, 0.3) is 0 Å². The van der Waals surface area contributed by atoms with Crippen LogP contribution in [0.1, 0.15) is 15.9 Å². The molecule has 1 aromatic heterocycles. The molecule has 0 saturated carbocycles. The molecule has 0 spiro atoms. The zero-order valence-corrected chi connectivity index (χ0v) is 6.42. The van der Waals surface area contributed by atoms with Crippen molar-refractivity contribution in [3.8, 4) is 0 Å². The van der Waals surface area contributed by atoms with Crippen molar-refractivity contribution >= 4 is 5.91 Å². The topological polar surface area (TPSA) is 34.0 Å². The van der Waals surface area contributed by atoms with Gasteiger partial charge in [-0.05, 0) is 12.0 Å². The fraction of sp³-hybridized carbons (Fsp3) is 0.375. The molecule has 0 fully saturated rings. The highest BCUT2D eigenvalue weighted by Crippen LogP contribution is 2.13. The van der Waals surface area contributed by atoms with Crippen molar-refractivity contribution < 1.29 is 4.79 Å². The van der Waals surface area contributed by atoms with Gasteiger partial charge in [0.1, 0.15) is 0 Å². The fourth-order valence-corrected chi connectivity index (χ4v) is 1.45. The van der Waals surface area contributed by atoms with Crippen LogP contribution >= 0.6 is 0 Å². The number of rotatable bonds is 0. The standard InChI is InChI=1S/C8H10N2O/c1-10-4-6-2-3-9-8(11)7(6)5-10/h4-5H,2-3H2,1H3,(H,9,11). The van der Waals surface area contributed by atoms with Crippen molar-refractivity contribution in [1.82, 2.24) is 9.88 Å². The third kappa shape index (κ3) is 0.926. The molecule has 2 heterocycles. The lowest BCUT2D eigenvalue weighted by molar-refractivity contribution is 0.0946. The molecular weight excluding hydrogens is 140 g/mol.